The van der Waals surface area contributed by atoms with Crippen LogP contribution in [0.15, 0.2) is 41.0 Å². The van der Waals surface area contributed by atoms with E-state index in [2.05, 4.69) is 25.7 Å². The van der Waals surface area contributed by atoms with E-state index < -0.39 is 41.0 Å². The predicted octanol–water partition coefficient (Wildman–Crippen LogP) is 4.14. The normalized spacial score (nSPS) is 25.2. The molecule has 2 aromatic rings. The zero-order valence-corrected chi connectivity index (χ0v) is 11.8. The van der Waals surface area contributed by atoms with E-state index in [0.717, 1.165) is 24.4 Å². The average Bonchev–Trinajstić information content (AvgIpc) is 3.04. The maximum atomic E-state index is 14.9. The van der Waals surface area contributed by atoms with Gasteiger partial charge in [-0.1, -0.05) is 0 Å². The molecule has 0 unspecified atom stereocenters. The average molecular weight is 364 g/mol. The van der Waals surface area contributed by atoms with Crippen molar-refractivity contribution >= 4 is 15.9 Å². The Kier molecular flexibility index (Phi) is 2.75. The minimum Gasteiger partial charge on any atom is -0.357 e. The summed E-state index contributed by atoms with van der Waals surface area (Å²) in [7, 11) is 0. The van der Waals surface area contributed by atoms with E-state index in [1.807, 2.05) is 0 Å². The van der Waals surface area contributed by atoms with Crippen LogP contribution in [-0.2, 0) is 16.3 Å². The van der Waals surface area contributed by atoms with E-state index in [4.69, 9.17) is 2.74 Å². The molecule has 1 aromatic heterocycles. The summed E-state index contributed by atoms with van der Waals surface area (Å²) < 4.78 is 77.0. The van der Waals surface area contributed by atoms with Crippen LogP contribution in [0.25, 0.3) is 0 Å². The Balaban J connectivity index is 2.17. The molecule has 21 heavy (non-hydrogen) atoms. The van der Waals surface area contributed by atoms with E-state index in [1.54, 1.807) is 0 Å². The highest BCUT2D eigenvalue weighted by Gasteiger charge is 2.68. The fourth-order valence-corrected chi connectivity index (χ4v) is 2.21. The van der Waals surface area contributed by atoms with Crippen molar-refractivity contribution in [1.29, 1.82) is 0 Å². The van der Waals surface area contributed by atoms with Gasteiger partial charge in [0.15, 0.2) is 5.60 Å². The highest BCUT2D eigenvalue weighted by Crippen LogP contribution is 2.56. The van der Waals surface area contributed by atoms with E-state index >= 15 is 0 Å². The first kappa shape index (κ1) is 12.1. The van der Waals surface area contributed by atoms with Crippen LogP contribution in [0.3, 0.4) is 0 Å². The number of aromatic nitrogens is 1. The fourth-order valence-electron chi connectivity index (χ4n) is 1.98. The summed E-state index contributed by atoms with van der Waals surface area (Å²) in [6, 6.07) is 4.19. The Labute approximate surface area is 128 Å². The number of halogens is 5. The number of epoxide rings is 1. The predicted molar refractivity (Wildman–Crippen MR) is 69.8 cm³/mol. The first-order chi connectivity index (χ1) is 10.6. The van der Waals surface area contributed by atoms with Crippen molar-refractivity contribution in [2.45, 2.75) is 11.5 Å². The summed E-state index contributed by atoms with van der Waals surface area (Å²) in [5, 5.41) is 0. The highest BCUT2D eigenvalue weighted by molar-refractivity contribution is 9.10. The van der Waals surface area contributed by atoms with E-state index in [0.29, 0.717) is 10.5 Å². The second kappa shape index (κ2) is 4.78. The van der Waals surface area contributed by atoms with Gasteiger partial charge in [-0.05, 0) is 40.2 Å². The third kappa shape index (κ3) is 2.24. The summed E-state index contributed by atoms with van der Waals surface area (Å²) in [5.74, 6) is -6.26. The van der Waals surface area contributed by atoms with Crippen LogP contribution >= 0.6 is 15.9 Å². The molecule has 2 heterocycles. The minimum absolute atomic E-state index is 0.403. The van der Waals surface area contributed by atoms with Crippen molar-refractivity contribution in [1.82, 2.24) is 4.98 Å². The summed E-state index contributed by atoms with van der Waals surface area (Å²) in [6.45, 7) is -2.83. The molecule has 0 N–H and O–H groups in total. The maximum Gasteiger partial charge on any atom is 0.324 e. The molecule has 1 aromatic carbocycles. The Bertz CT molecular complexity index is 772. The van der Waals surface area contributed by atoms with Crippen LogP contribution in [0.5, 0.6) is 0 Å². The molecule has 2 nitrogen and oxygen atoms in total. The van der Waals surface area contributed by atoms with E-state index in [1.165, 1.54) is 6.07 Å². The lowest BCUT2D eigenvalue weighted by Crippen LogP contribution is -2.34. The molecule has 0 spiro atoms. The summed E-state index contributed by atoms with van der Waals surface area (Å²) in [5.41, 5.74) is -4.46. The summed E-state index contributed by atoms with van der Waals surface area (Å²) in [4.78, 5) is 3.55. The molecular formula is C14H8BrF4NO. The zero-order chi connectivity index (χ0) is 17.0. The Morgan fingerprint density at radius 2 is 2.00 bits per heavy atom. The SMILES string of the molecule is [2H]C1([2H])O[C@@]1(c1ccc(F)cc1F)C(F)(F)c1ccc(Br)cn1. The standard InChI is InChI=1S/C14H8BrF4NO/c15-8-1-4-12(20-6-8)14(18,19)13(7-21-13)10-3-2-9(16)5-11(10)17/h1-6H,7H2/t13-/m0/s1/i7D2. The molecule has 110 valence electrons. The number of pyridine rings is 1. The van der Waals surface area contributed by atoms with E-state index in [-0.39, 0.29) is 0 Å². The number of rotatable bonds is 3. The molecule has 3 rings (SSSR count). The lowest BCUT2D eigenvalue weighted by molar-refractivity contribution is -0.0901. The van der Waals surface area contributed by atoms with Gasteiger partial charge in [0.25, 0.3) is 0 Å². The molecule has 0 bridgehead atoms. The van der Waals surface area contributed by atoms with Gasteiger partial charge in [0, 0.05) is 22.3 Å². The van der Waals surface area contributed by atoms with Gasteiger partial charge in [0.05, 0.1) is 9.30 Å². The molecule has 1 fully saturated rings. The van der Waals surface area contributed by atoms with Crippen LogP contribution in [0.1, 0.15) is 14.0 Å². The van der Waals surface area contributed by atoms with Crippen LogP contribution in [-0.4, -0.2) is 11.5 Å². The van der Waals surface area contributed by atoms with Gasteiger partial charge in [-0.15, -0.1) is 0 Å². The van der Waals surface area contributed by atoms with E-state index in [9.17, 15) is 17.6 Å². The van der Waals surface area contributed by atoms with Crippen LogP contribution in [0.4, 0.5) is 17.6 Å². The van der Waals surface area contributed by atoms with Gasteiger partial charge in [-0.3, -0.25) is 4.98 Å². The van der Waals surface area contributed by atoms with Gasteiger partial charge in [-0.25, -0.2) is 8.78 Å². The Morgan fingerprint density at radius 1 is 1.29 bits per heavy atom. The van der Waals surface area contributed by atoms with Crippen molar-refractivity contribution in [3.8, 4) is 0 Å². The lowest BCUT2D eigenvalue weighted by atomic mass is 9.90. The second-order valence-corrected chi connectivity index (χ2v) is 5.36. The molecule has 1 atom stereocenters. The quantitative estimate of drug-likeness (QED) is 0.604. The molecule has 0 saturated carbocycles. The Morgan fingerprint density at radius 3 is 2.52 bits per heavy atom. The largest absolute Gasteiger partial charge is 0.357 e. The summed E-state index contributed by atoms with van der Waals surface area (Å²) >= 11 is 3.05. The molecule has 1 aliphatic rings. The number of hydrogen-bond donors (Lipinski definition) is 0. The van der Waals surface area contributed by atoms with Crippen LogP contribution in [0, 0.1) is 11.6 Å². The smallest absolute Gasteiger partial charge is 0.324 e. The molecule has 0 radical (unpaired) electrons. The third-order valence-corrected chi connectivity index (χ3v) is 3.58. The number of benzene rings is 1. The molecular weight excluding hydrogens is 354 g/mol. The molecule has 0 aliphatic carbocycles. The summed E-state index contributed by atoms with van der Waals surface area (Å²) in [6.07, 6.45) is 1.11. The molecule has 7 heteroatoms. The lowest BCUT2D eigenvalue weighted by Gasteiger charge is -2.24. The van der Waals surface area contributed by atoms with Crippen LogP contribution < -0.4 is 0 Å². The van der Waals surface area contributed by atoms with Crippen molar-refractivity contribution in [3.05, 3.63) is 63.9 Å². The number of ether oxygens (including phenoxy) is 1. The van der Waals surface area contributed by atoms with Crippen molar-refractivity contribution in [3.63, 3.8) is 0 Å². The van der Waals surface area contributed by atoms with Gasteiger partial charge in [-0.2, -0.15) is 8.78 Å². The van der Waals surface area contributed by atoms with Crippen LogP contribution in [0.2, 0.25) is 0 Å². The zero-order valence-electron chi connectivity index (χ0n) is 12.2. The molecule has 1 aliphatic heterocycles. The van der Waals surface area contributed by atoms with Gasteiger partial charge in [0.1, 0.15) is 17.3 Å². The highest BCUT2D eigenvalue weighted by atomic mass is 79.9. The van der Waals surface area contributed by atoms with Crippen molar-refractivity contribution < 1.29 is 25.0 Å². The molecule has 1 saturated heterocycles. The number of hydrogen-bond acceptors (Lipinski definition) is 2. The Hall–Kier alpha value is -1.47. The third-order valence-electron chi connectivity index (χ3n) is 3.11. The second-order valence-electron chi connectivity index (χ2n) is 4.45. The van der Waals surface area contributed by atoms with Gasteiger partial charge < -0.3 is 4.74 Å². The van der Waals surface area contributed by atoms with Crippen molar-refractivity contribution in [2.24, 2.45) is 0 Å². The minimum atomic E-state index is -3.98. The number of nitrogens with zero attached hydrogens (tertiary/aromatic N) is 1. The number of alkyl halides is 2. The molecule has 0 amide bonds. The fraction of sp³-hybridized carbons (Fsp3) is 0.214. The maximum absolute atomic E-state index is 14.9. The topological polar surface area (TPSA) is 25.4 Å². The first-order valence-corrected chi connectivity index (χ1v) is 6.57. The first-order valence-electron chi connectivity index (χ1n) is 6.77. The monoisotopic (exact) mass is 363 g/mol. The van der Waals surface area contributed by atoms with Crippen molar-refractivity contribution in [2.75, 3.05) is 6.56 Å². The van der Waals surface area contributed by atoms with Gasteiger partial charge >= 0.3 is 5.92 Å². The van der Waals surface area contributed by atoms with Gasteiger partial charge in [0.2, 0.25) is 0 Å².